The molecule has 0 amide bonds. The number of aromatic nitrogens is 2. The highest BCUT2D eigenvalue weighted by atomic mass is 16.3. The smallest absolute Gasteiger partial charge is 0.328 e. The van der Waals surface area contributed by atoms with Gasteiger partial charge in [-0.25, -0.2) is 4.79 Å². The van der Waals surface area contributed by atoms with Crippen LogP contribution in [0.15, 0.2) is 38.8 Å². The van der Waals surface area contributed by atoms with E-state index >= 15 is 0 Å². The Kier molecular flexibility index (Phi) is 3.61. The van der Waals surface area contributed by atoms with E-state index in [0.717, 1.165) is 11.1 Å². The van der Waals surface area contributed by atoms with Gasteiger partial charge in [-0.2, -0.15) is 0 Å². The van der Waals surface area contributed by atoms with Crippen LogP contribution < -0.4 is 11.2 Å². The minimum atomic E-state index is -0.752. The van der Waals surface area contributed by atoms with E-state index in [0.29, 0.717) is 6.54 Å². The summed E-state index contributed by atoms with van der Waals surface area (Å²) in [5.41, 5.74) is 0.633. The monoisotopic (exact) mass is 259 g/mol. The van der Waals surface area contributed by atoms with Crippen molar-refractivity contribution < 1.29 is 5.11 Å². The van der Waals surface area contributed by atoms with Gasteiger partial charge < -0.3 is 5.11 Å². The first-order chi connectivity index (χ1) is 9.06. The summed E-state index contributed by atoms with van der Waals surface area (Å²) in [5.74, 6) is -0.484. The fourth-order valence-electron chi connectivity index (χ4n) is 1.66. The van der Waals surface area contributed by atoms with E-state index in [4.69, 9.17) is 0 Å². The lowest BCUT2D eigenvalue weighted by Crippen LogP contribution is -2.24. The maximum absolute atomic E-state index is 11.4. The topological polar surface area (TPSA) is 98.3 Å². The van der Waals surface area contributed by atoms with Crippen molar-refractivity contribution in [2.75, 3.05) is 0 Å². The first kappa shape index (κ1) is 12.8. The summed E-state index contributed by atoms with van der Waals surface area (Å²) in [6, 6.07) is 7.80. The Morgan fingerprint density at radius 3 is 2.79 bits per heavy atom. The molecule has 1 heterocycles. The van der Waals surface area contributed by atoms with Gasteiger partial charge in [0.25, 0.3) is 5.56 Å². The third-order valence-corrected chi connectivity index (χ3v) is 2.54. The quantitative estimate of drug-likeness (QED) is 0.707. The van der Waals surface area contributed by atoms with Crippen molar-refractivity contribution in [2.24, 2.45) is 4.99 Å². The SMILES string of the molecule is Cc1cccc(CN=Cc2c(O)[nH]c(=O)[nH]c2=O)c1. The third-order valence-electron chi connectivity index (χ3n) is 2.54. The van der Waals surface area contributed by atoms with E-state index in [9.17, 15) is 14.7 Å². The third kappa shape index (κ3) is 3.19. The van der Waals surface area contributed by atoms with Crippen LogP contribution in [0.3, 0.4) is 0 Å². The van der Waals surface area contributed by atoms with Crippen LogP contribution in [0.2, 0.25) is 0 Å². The molecule has 0 fully saturated rings. The fourth-order valence-corrected chi connectivity index (χ4v) is 1.66. The lowest BCUT2D eigenvalue weighted by atomic mass is 10.1. The number of aromatic amines is 2. The molecule has 98 valence electrons. The number of H-pyrrole nitrogens is 2. The number of rotatable bonds is 3. The molecule has 0 spiro atoms. The van der Waals surface area contributed by atoms with Crippen LogP contribution in [0.25, 0.3) is 0 Å². The van der Waals surface area contributed by atoms with Gasteiger partial charge in [-0.3, -0.25) is 19.8 Å². The predicted molar refractivity (Wildman–Crippen MR) is 71.8 cm³/mol. The number of aromatic hydroxyl groups is 1. The molecule has 0 radical (unpaired) electrons. The number of aryl methyl sites for hydroxylation is 1. The van der Waals surface area contributed by atoms with Gasteiger partial charge in [-0.1, -0.05) is 29.8 Å². The molecular formula is C13H13N3O3. The number of hydrogen-bond acceptors (Lipinski definition) is 4. The van der Waals surface area contributed by atoms with Crippen molar-refractivity contribution in [1.82, 2.24) is 9.97 Å². The Morgan fingerprint density at radius 1 is 1.32 bits per heavy atom. The average Bonchev–Trinajstić information content (AvgIpc) is 2.32. The van der Waals surface area contributed by atoms with Crippen LogP contribution in [-0.4, -0.2) is 21.3 Å². The zero-order valence-electron chi connectivity index (χ0n) is 10.3. The molecule has 6 nitrogen and oxygen atoms in total. The fraction of sp³-hybridized carbons (Fsp3) is 0.154. The minimum absolute atomic E-state index is 0.0627. The molecule has 1 aromatic heterocycles. The van der Waals surface area contributed by atoms with Crippen LogP contribution in [0.1, 0.15) is 16.7 Å². The van der Waals surface area contributed by atoms with Crippen LogP contribution in [0, 0.1) is 6.92 Å². The van der Waals surface area contributed by atoms with Crippen molar-refractivity contribution in [3.63, 3.8) is 0 Å². The molecule has 1 aromatic carbocycles. The lowest BCUT2D eigenvalue weighted by Gasteiger charge is -1.98. The summed E-state index contributed by atoms with van der Waals surface area (Å²) in [6.07, 6.45) is 1.24. The van der Waals surface area contributed by atoms with Gasteiger partial charge in [0, 0.05) is 6.21 Å². The van der Waals surface area contributed by atoms with E-state index in [1.165, 1.54) is 6.21 Å². The highest BCUT2D eigenvalue weighted by Crippen LogP contribution is 2.06. The Balaban J connectivity index is 2.20. The van der Waals surface area contributed by atoms with Gasteiger partial charge >= 0.3 is 5.69 Å². The number of aliphatic imine (C=N–C) groups is 1. The summed E-state index contributed by atoms with van der Waals surface area (Å²) >= 11 is 0. The van der Waals surface area contributed by atoms with Crippen molar-refractivity contribution >= 4 is 6.21 Å². The molecule has 0 saturated heterocycles. The second kappa shape index (κ2) is 5.34. The second-order valence-corrected chi connectivity index (χ2v) is 4.13. The molecule has 3 N–H and O–H groups in total. The minimum Gasteiger partial charge on any atom is -0.494 e. The zero-order chi connectivity index (χ0) is 13.8. The summed E-state index contributed by atoms with van der Waals surface area (Å²) < 4.78 is 0. The Labute approximate surface area is 108 Å². The van der Waals surface area contributed by atoms with E-state index in [1.807, 2.05) is 36.2 Å². The van der Waals surface area contributed by atoms with E-state index in [2.05, 4.69) is 9.98 Å². The Bertz CT molecular complexity index is 728. The molecule has 0 aliphatic rings. The molecular weight excluding hydrogens is 246 g/mol. The molecule has 0 atom stereocenters. The molecule has 0 bridgehead atoms. The molecule has 19 heavy (non-hydrogen) atoms. The summed E-state index contributed by atoms with van der Waals surface area (Å²) in [6.45, 7) is 2.37. The van der Waals surface area contributed by atoms with Crippen LogP contribution in [0.4, 0.5) is 0 Å². The van der Waals surface area contributed by atoms with Gasteiger partial charge in [0.2, 0.25) is 5.88 Å². The van der Waals surface area contributed by atoms with Crippen LogP contribution in [-0.2, 0) is 6.54 Å². The van der Waals surface area contributed by atoms with Crippen molar-refractivity contribution in [2.45, 2.75) is 13.5 Å². The zero-order valence-corrected chi connectivity index (χ0v) is 10.3. The molecule has 0 aliphatic carbocycles. The van der Waals surface area contributed by atoms with E-state index in [-0.39, 0.29) is 5.56 Å². The van der Waals surface area contributed by atoms with Gasteiger partial charge in [-0.15, -0.1) is 0 Å². The Morgan fingerprint density at radius 2 is 2.11 bits per heavy atom. The summed E-state index contributed by atoms with van der Waals surface area (Å²) in [4.78, 5) is 30.5. The average molecular weight is 259 g/mol. The van der Waals surface area contributed by atoms with Crippen LogP contribution in [0.5, 0.6) is 5.88 Å². The van der Waals surface area contributed by atoms with Gasteiger partial charge in [-0.05, 0) is 12.5 Å². The van der Waals surface area contributed by atoms with Crippen molar-refractivity contribution in [1.29, 1.82) is 0 Å². The number of nitrogens with zero attached hydrogens (tertiary/aromatic N) is 1. The first-order valence-electron chi connectivity index (χ1n) is 5.67. The number of hydrogen-bond donors (Lipinski definition) is 3. The van der Waals surface area contributed by atoms with Crippen molar-refractivity contribution in [3.05, 3.63) is 61.8 Å². The standard InChI is InChI=1S/C13H13N3O3/c1-8-3-2-4-9(5-8)6-14-7-10-11(17)15-13(19)16-12(10)18/h2-5,7H,6H2,1H3,(H3,15,16,17,18,19). The normalized spacial score (nSPS) is 11.0. The second-order valence-electron chi connectivity index (χ2n) is 4.13. The molecule has 0 aliphatic heterocycles. The van der Waals surface area contributed by atoms with Gasteiger partial charge in [0.05, 0.1) is 6.54 Å². The highest BCUT2D eigenvalue weighted by Gasteiger charge is 2.04. The summed E-state index contributed by atoms with van der Waals surface area (Å²) in [7, 11) is 0. The van der Waals surface area contributed by atoms with Gasteiger partial charge in [0.15, 0.2) is 0 Å². The Hall–Kier alpha value is -2.63. The molecule has 0 saturated carbocycles. The number of nitrogens with one attached hydrogen (secondary N) is 2. The molecule has 2 aromatic rings. The number of benzene rings is 1. The predicted octanol–water partition coefficient (Wildman–Crippen LogP) is 0.696. The highest BCUT2D eigenvalue weighted by molar-refractivity contribution is 5.81. The van der Waals surface area contributed by atoms with E-state index < -0.39 is 17.1 Å². The lowest BCUT2D eigenvalue weighted by molar-refractivity contribution is 0.447. The van der Waals surface area contributed by atoms with Gasteiger partial charge in [0.1, 0.15) is 5.56 Å². The molecule has 6 heteroatoms. The van der Waals surface area contributed by atoms with Crippen LogP contribution >= 0.6 is 0 Å². The van der Waals surface area contributed by atoms with E-state index in [1.54, 1.807) is 0 Å². The molecule has 2 rings (SSSR count). The summed E-state index contributed by atoms with van der Waals surface area (Å²) in [5, 5.41) is 9.45. The van der Waals surface area contributed by atoms with Crippen molar-refractivity contribution in [3.8, 4) is 5.88 Å². The largest absolute Gasteiger partial charge is 0.494 e. The maximum Gasteiger partial charge on any atom is 0.328 e. The maximum atomic E-state index is 11.4. The molecule has 0 unspecified atom stereocenters. The first-order valence-corrected chi connectivity index (χ1v) is 5.67.